The molecule has 0 aromatic heterocycles. The predicted octanol–water partition coefficient (Wildman–Crippen LogP) is 20.4. The normalized spacial score (nSPS) is 12.4. The Morgan fingerprint density at radius 1 is 0.309 bits per heavy atom. The van der Waals surface area contributed by atoms with Crippen LogP contribution < -0.4 is 0 Å². The van der Waals surface area contributed by atoms with Crippen LogP contribution in [0, 0.1) is 11.8 Å². The van der Waals surface area contributed by atoms with Crippen LogP contribution in [0.1, 0.15) is 349 Å². The lowest BCUT2D eigenvalue weighted by Gasteiger charge is -2.18. The van der Waals surface area contributed by atoms with E-state index in [9.17, 15) is 14.4 Å². The van der Waals surface area contributed by atoms with Crippen molar-refractivity contribution in [1.29, 1.82) is 0 Å². The molecule has 0 aromatic carbocycles. The van der Waals surface area contributed by atoms with Gasteiger partial charge in [0.2, 0.25) is 0 Å². The van der Waals surface area contributed by atoms with E-state index in [2.05, 4.69) is 34.6 Å². The van der Waals surface area contributed by atoms with Gasteiger partial charge in [0.25, 0.3) is 0 Å². The Bertz CT molecular complexity index is 1040. The highest BCUT2D eigenvalue weighted by molar-refractivity contribution is 5.71. The number of ether oxygens (including phenoxy) is 3. The summed E-state index contributed by atoms with van der Waals surface area (Å²) >= 11 is 0. The van der Waals surface area contributed by atoms with Crippen molar-refractivity contribution in [2.24, 2.45) is 11.8 Å². The molecule has 1 unspecified atom stereocenters. The molecule has 0 bridgehead atoms. The van der Waals surface area contributed by atoms with Gasteiger partial charge in [0.05, 0.1) is 0 Å². The van der Waals surface area contributed by atoms with Crippen LogP contribution in [0.2, 0.25) is 0 Å². The molecule has 6 heteroatoms. The first kappa shape index (κ1) is 66.4. The number of hydrogen-bond acceptors (Lipinski definition) is 6. The lowest BCUT2D eigenvalue weighted by Crippen LogP contribution is -2.30. The Morgan fingerprint density at radius 2 is 0.559 bits per heavy atom. The fourth-order valence-electron chi connectivity index (χ4n) is 9.55. The number of hydrogen-bond donors (Lipinski definition) is 0. The Labute approximate surface area is 425 Å². The summed E-state index contributed by atoms with van der Waals surface area (Å²) in [6, 6.07) is 0. The smallest absolute Gasteiger partial charge is 0.306 e. The summed E-state index contributed by atoms with van der Waals surface area (Å²) in [5.41, 5.74) is 0. The molecule has 0 saturated heterocycles. The lowest BCUT2D eigenvalue weighted by atomic mass is 9.99. The van der Waals surface area contributed by atoms with Gasteiger partial charge in [-0.1, -0.05) is 311 Å². The van der Waals surface area contributed by atoms with Gasteiger partial charge in [0.15, 0.2) is 6.10 Å². The first-order valence-corrected chi connectivity index (χ1v) is 30.8. The lowest BCUT2D eigenvalue weighted by molar-refractivity contribution is -0.167. The van der Waals surface area contributed by atoms with Crippen molar-refractivity contribution >= 4 is 17.9 Å². The minimum atomic E-state index is -0.763. The van der Waals surface area contributed by atoms with Gasteiger partial charge in [0.1, 0.15) is 13.2 Å². The van der Waals surface area contributed by atoms with Crippen molar-refractivity contribution in [3.05, 3.63) is 0 Å². The second kappa shape index (κ2) is 54.7. The molecule has 0 aromatic rings. The van der Waals surface area contributed by atoms with Crippen LogP contribution in [0.15, 0.2) is 0 Å². The molecule has 6 nitrogen and oxygen atoms in total. The van der Waals surface area contributed by atoms with E-state index in [1.54, 1.807) is 0 Å². The van der Waals surface area contributed by atoms with Gasteiger partial charge in [0, 0.05) is 19.3 Å². The number of esters is 3. The third kappa shape index (κ3) is 53.8. The predicted molar refractivity (Wildman–Crippen MR) is 293 cm³/mol. The zero-order valence-electron chi connectivity index (χ0n) is 46.7. The van der Waals surface area contributed by atoms with Crippen molar-refractivity contribution in [1.82, 2.24) is 0 Å². The third-order valence-corrected chi connectivity index (χ3v) is 14.6. The van der Waals surface area contributed by atoms with Crippen LogP contribution >= 0.6 is 0 Å². The van der Waals surface area contributed by atoms with E-state index in [4.69, 9.17) is 14.2 Å². The summed E-state index contributed by atoms with van der Waals surface area (Å²) in [4.78, 5) is 38.2. The zero-order chi connectivity index (χ0) is 49.6. The average Bonchev–Trinajstić information content (AvgIpc) is 3.32. The SMILES string of the molecule is CCCCCCCCCCCCCCCCC(=O)O[C@H](COC(=O)CCCCCCCCCCCCCCCCCCCCC(C)CC)COC(=O)CCCCCCCCCCCCCC(C)C. The number of carbonyl (C=O) groups is 3. The molecule has 0 amide bonds. The van der Waals surface area contributed by atoms with Crippen molar-refractivity contribution < 1.29 is 28.6 Å². The van der Waals surface area contributed by atoms with Crippen molar-refractivity contribution in [3.63, 3.8) is 0 Å². The molecule has 2 atom stereocenters. The topological polar surface area (TPSA) is 78.9 Å². The van der Waals surface area contributed by atoms with Crippen molar-refractivity contribution in [3.8, 4) is 0 Å². The number of carbonyl (C=O) groups excluding carboxylic acids is 3. The number of unbranched alkanes of at least 4 members (excludes halogenated alkanes) is 40. The highest BCUT2D eigenvalue weighted by Crippen LogP contribution is 2.19. The first-order valence-electron chi connectivity index (χ1n) is 30.8. The van der Waals surface area contributed by atoms with E-state index in [1.807, 2.05) is 0 Å². The summed E-state index contributed by atoms with van der Waals surface area (Å²) < 4.78 is 16.9. The molecule has 0 rings (SSSR count). The standard InChI is InChI=1S/C62H120O6/c1-6-8-9-10-11-12-13-14-22-28-34-39-44-49-54-62(65)68-59(56-67-61(64)53-48-43-38-33-29-24-25-30-35-40-45-50-57(3)4)55-66-60(63)52-47-42-37-32-27-23-20-18-16-15-17-19-21-26-31-36-41-46-51-58(5)7-2/h57-59H,6-56H2,1-5H3/t58?,59-/m1/s1. The fraction of sp³-hybridized carbons (Fsp3) is 0.952. The van der Waals surface area contributed by atoms with Crippen LogP contribution in [0.3, 0.4) is 0 Å². The van der Waals surface area contributed by atoms with E-state index >= 15 is 0 Å². The quantitative estimate of drug-likeness (QED) is 0.0343. The van der Waals surface area contributed by atoms with Gasteiger partial charge >= 0.3 is 17.9 Å². The second-order valence-electron chi connectivity index (χ2n) is 22.1. The second-order valence-corrected chi connectivity index (χ2v) is 22.1. The first-order chi connectivity index (χ1) is 33.3. The van der Waals surface area contributed by atoms with Gasteiger partial charge in [-0.3, -0.25) is 14.4 Å². The highest BCUT2D eigenvalue weighted by atomic mass is 16.6. The molecule has 0 aliphatic carbocycles. The van der Waals surface area contributed by atoms with E-state index in [0.29, 0.717) is 19.3 Å². The Morgan fingerprint density at radius 3 is 0.838 bits per heavy atom. The fourth-order valence-corrected chi connectivity index (χ4v) is 9.55. The molecular weight excluding hydrogens is 841 g/mol. The largest absolute Gasteiger partial charge is 0.462 e. The Kier molecular flexibility index (Phi) is 53.5. The molecule has 0 radical (unpaired) electrons. The zero-order valence-corrected chi connectivity index (χ0v) is 46.7. The third-order valence-electron chi connectivity index (χ3n) is 14.6. The molecule has 404 valence electrons. The molecule has 68 heavy (non-hydrogen) atoms. The Hall–Kier alpha value is -1.59. The Balaban J connectivity index is 4.23. The van der Waals surface area contributed by atoms with E-state index in [0.717, 1.165) is 69.6 Å². The monoisotopic (exact) mass is 961 g/mol. The van der Waals surface area contributed by atoms with Crippen molar-refractivity contribution in [2.75, 3.05) is 13.2 Å². The van der Waals surface area contributed by atoms with E-state index in [-0.39, 0.29) is 31.1 Å². The molecular formula is C62H120O6. The minimum absolute atomic E-state index is 0.0622. The molecule has 0 aliphatic heterocycles. The summed E-state index contributed by atoms with van der Waals surface area (Å²) in [5, 5.41) is 0. The molecule has 0 aliphatic rings. The van der Waals surface area contributed by atoms with Gasteiger partial charge < -0.3 is 14.2 Å². The average molecular weight is 962 g/mol. The van der Waals surface area contributed by atoms with E-state index < -0.39 is 6.10 Å². The van der Waals surface area contributed by atoms with Crippen LogP contribution in [0.5, 0.6) is 0 Å². The summed E-state index contributed by atoms with van der Waals surface area (Å²) in [5.74, 6) is 0.901. The molecule has 0 heterocycles. The van der Waals surface area contributed by atoms with E-state index in [1.165, 1.54) is 238 Å². The van der Waals surface area contributed by atoms with Gasteiger partial charge in [-0.25, -0.2) is 0 Å². The van der Waals surface area contributed by atoms with Gasteiger partial charge in [-0.2, -0.15) is 0 Å². The van der Waals surface area contributed by atoms with Crippen LogP contribution in [0.25, 0.3) is 0 Å². The van der Waals surface area contributed by atoms with Crippen molar-refractivity contribution in [2.45, 2.75) is 355 Å². The maximum absolute atomic E-state index is 12.9. The molecule has 0 fully saturated rings. The van der Waals surface area contributed by atoms with Gasteiger partial charge in [-0.05, 0) is 31.1 Å². The van der Waals surface area contributed by atoms with Gasteiger partial charge in [-0.15, -0.1) is 0 Å². The highest BCUT2D eigenvalue weighted by Gasteiger charge is 2.19. The maximum atomic E-state index is 12.9. The molecule has 0 saturated carbocycles. The van der Waals surface area contributed by atoms with Crippen LogP contribution in [-0.4, -0.2) is 37.2 Å². The van der Waals surface area contributed by atoms with Crippen LogP contribution in [-0.2, 0) is 28.6 Å². The molecule has 0 N–H and O–H groups in total. The summed E-state index contributed by atoms with van der Waals surface area (Å²) in [6.07, 6.45) is 59.5. The minimum Gasteiger partial charge on any atom is -0.462 e. The summed E-state index contributed by atoms with van der Waals surface area (Å²) in [6.45, 7) is 11.5. The van der Waals surface area contributed by atoms with Crippen LogP contribution in [0.4, 0.5) is 0 Å². The summed E-state index contributed by atoms with van der Waals surface area (Å²) in [7, 11) is 0. The maximum Gasteiger partial charge on any atom is 0.306 e. The number of rotatable bonds is 56. The molecule has 0 spiro atoms.